The Morgan fingerprint density at radius 1 is 1.06 bits per heavy atom. The molecule has 2 aromatic carbocycles. The SMILES string of the molecule is C=CC(=O)Nc1cccc(N2C(=O)N(c3ccccc3)Cc3cnc(Nc4cn(C5CCN(C(=O)OC(C)(C)C)CC5)nc4Cl)nc32)c1. The number of benzene rings is 2. The fraction of sp³-hybridized carbons (Fsp3) is 0.294. The van der Waals surface area contributed by atoms with E-state index in [-0.39, 0.29) is 41.7 Å². The van der Waals surface area contributed by atoms with Crippen LogP contribution in [0, 0.1) is 0 Å². The Bertz CT molecular complexity index is 1850. The molecule has 2 aromatic heterocycles. The number of rotatable bonds is 7. The number of piperidine rings is 1. The standard InChI is InChI=1S/C34H36ClN9O4/c1-5-28(45)37-23-10-9-13-26(18-23)44-30-22(20-42(32(44)46)24-11-7-6-8-12-24)19-36-31(39-30)38-27-21-43(40-29(27)35)25-14-16-41(17-15-25)33(47)48-34(2,3)4/h5-13,18-19,21,25H,1,14-17,20H2,2-4H3,(H,37,45)(H,36,38,39). The molecule has 2 aliphatic rings. The number of fused-ring (bicyclic) bond motifs is 1. The summed E-state index contributed by atoms with van der Waals surface area (Å²) in [6.45, 7) is 10.4. The predicted molar refractivity (Wildman–Crippen MR) is 184 cm³/mol. The van der Waals surface area contributed by atoms with Gasteiger partial charge in [-0.1, -0.05) is 42.4 Å². The van der Waals surface area contributed by atoms with Crippen LogP contribution in [-0.4, -0.2) is 61.4 Å². The van der Waals surface area contributed by atoms with Crippen molar-refractivity contribution >= 4 is 64.1 Å². The Labute approximate surface area is 283 Å². The van der Waals surface area contributed by atoms with E-state index in [9.17, 15) is 14.4 Å². The minimum atomic E-state index is -0.554. The lowest BCUT2D eigenvalue weighted by molar-refractivity contribution is -0.111. The molecule has 4 heterocycles. The highest BCUT2D eigenvalue weighted by Crippen LogP contribution is 2.37. The molecule has 248 valence electrons. The molecule has 0 aliphatic carbocycles. The molecule has 0 atom stereocenters. The van der Waals surface area contributed by atoms with Gasteiger partial charge in [-0.25, -0.2) is 19.5 Å². The second-order valence-electron chi connectivity index (χ2n) is 12.5. The summed E-state index contributed by atoms with van der Waals surface area (Å²) in [7, 11) is 0. The first kappa shape index (κ1) is 32.5. The minimum absolute atomic E-state index is 0.0344. The maximum Gasteiger partial charge on any atom is 0.410 e. The zero-order valence-electron chi connectivity index (χ0n) is 26.9. The lowest BCUT2D eigenvalue weighted by atomic mass is 10.1. The molecule has 48 heavy (non-hydrogen) atoms. The van der Waals surface area contributed by atoms with Crippen LogP contribution >= 0.6 is 11.6 Å². The first-order valence-electron chi connectivity index (χ1n) is 15.5. The highest BCUT2D eigenvalue weighted by Gasteiger charge is 2.35. The van der Waals surface area contributed by atoms with Crippen molar-refractivity contribution in [2.45, 2.75) is 51.8 Å². The zero-order chi connectivity index (χ0) is 34.0. The highest BCUT2D eigenvalue weighted by atomic mass is 35.5. The van der Waals surface area contributed by atoms with Gasteiger partial charge >= 0.3 is 12.1 Å². The van der Waals surface area contributed by atoms with Crippen molar-refractivity contribution in [3.63, 3.8) is 0 Å². The molecular weight excluding hydrogens is 634 g/mol. The quantitative estimate of drug-likeness (QED) is 0.200. The number of aromatic nitrogens is 4. The molecule has 1 fully saturated rings. The van der Waals surface area contributed by atoms with Crippen molar-refractivity contribution in [2.24, 2.45) is 0 Å². The lowest BCUT2D eigenvalue weighted by Gasteiger charge is -2.36. The Morgan fingerprint density at radius 3 is 2.50 bits per heavy atom. The van der Waals surface area contributed by atoms with E-state index in [1.165, 1.54) is 11.0 Å². The van der Waals surface area contributed by atoms with Gasteiger partial charge in [0.25, 0.3) is 0 Å². The normalized spacial score (nSPS) is 15.2. The van der Waals surface area contributed by atoms with Crippen LogP contribution in [-0.2, 0) is 16.1 Å². The van der Waals surface area contributed by atoms with E-state index < -0.39 is 5.60 Å². The molecule has 2 aliphatic heterocycles. The Hall–Kier alpha value is -5.43. The van der Waals surface area contributed by atoms with Gasteiger partial charge in [0.05, 0.1) is 30.2 Å². The summed E-state index contributed by atoms with van der Waals surface area (Å²) in [5.41, 5.74) is 2.36. The van der Waals surface area contributed by atoms with E-state index in [1.54, 1.807) is 51.1 Å². The summed E-state index contributed by atoms with van der Waals surface area (Å²) < 4.78 is 7.31. The molecule has 4 aromatic rings. The Kier molecular flexibility index (Phi) is 9.05. The lowest BCUT2D eigenvalue weighted by Crippen LogP contribution is -2.45. The second kappa shape index (κ2) is 13.4. The van der Waals surface area contributed by atoms with Crippen LogP contribution < -0.4 is 20.4 Å². The van der Waals surface area contributed by atoms with Gasteiger partial charge in [-0.3, -0.25) is 14.4 Å². The minimum Gasteiger partial charge on any atom is -0.444 e. The van der Waals surface area contributed by atoms with Crippen LogP contribution in [0.25, 0.3) is 0 Å². The molecule has 0 radical (unpaired) electrons. The molecule has 4 amide bonds. The van der Waals surface area contributed by atoms with Crippen LogP contribution in [0.3, 0.4) is 0 Å². The number of amides is 4. The topological polar surface area (TPSA) is 138 Å². The number of hydrogen-bond acceptors (Lipinski definition) is 8. The zero-order valence-corrected chi connectivity index (χ0v) is 27.6. The summed E-state index contributed by atoms with van der Waals surface area (Å²) in [6.07, 6.45) is 5.70. The number of para-hydroxylation sites is 1. The number of hydrogen-bond donors (Lipinski definition) is 2. The molecule has 0 saturated carbocycles. The molecule has 0 bridgehead atoms. The van der Waals surface area contributed by atoms with E-state index >= 15 is 0 Å². The Morgan fingerprint density at radius 2 is 1.79 bits per heavy atom. The fourth-order valence-electron chi connectivity index (χ4n) is 5.57. The van der Waals surface area contributed by atoms with E-state index in [0.29, 0.717) is 60.1 Å². The smallest absolute Gasteiger partial charge is 0.410 e. The Balaban J connectivity index is 1.25. The second-order valence-corrected chi connectivity index (χ2v) is 12.8. The number of likely N-dealkylation sites (tertiary alicyclic amines) is 1. The van der Waals surface area contributed by atoms with Gasteiger partial charge < -0.3 is 20.3 Å². The number of ether oxygens (including phenoxy) is 1. The van der Waals surface area contributed by atoms with Gasteiger partial charge in [-0.15, -0.1) is 0 Å². The third-order valence-corrected chi connectivity index (χ3v) is 8.13. The summed E-state index contributed by atoms with van der Waals surface area (Å²) in [5, 5.41) is 10.7. The highest BCUT2D eigenvalue weighted by molar-refractivity contribution is 6.32. The van der Waals surface area contributed by atoms with Crippen molar-refractivity contribution in [3.05, 3.63) is 90.4 Å². The van der Waals surface area contributed by atoms with Gasteiger partial charge in [-0.2, -0.15) is 10.1 Å². The van der Waals surface area contributed by atoms with Gasteiger partial charge in [0.2, 0.25) is 11.9 Å². The maximum atomic E-state index is 14.1. The van der Waals surface area contributed by atoms with Crippen LogP contribution in [0.2, 0.25) is 5.15 Å². The number of nitrogens with one attached hydrogen (secondary N) is 2. The van der Waals surface area contributed by atoms with E-state index in [2.05, 4.69) is 27.3 Å². The van der Waals surface area contributed by atoms with Crippen molar-refractivity contribution in [1.29, 1.82) is 0 Å². The molecule has 1 saturated heterocycles. The van der Waals surface area contributed by atoms with Gasteiger partial charge in [-0.05, 0) is 70.0 Å². The van der Waals surface area contributed by atoms with Crippen LogP contribution in [0.5, 0.6) is 0 Å². The number of carbonyl (C=O) groups excluding carboxylic acids is 3. The summed E-state index contributed by atoms with van der Waals surface area (Å²) >= 11 is 6.57. The molecule has 14 heteroatoms. The molecule has 0 unspecified atom stereocenters. The van der Waals surface area contributed by atoms with Crippen LogP contribution in [0.4, 0.5) is 44.1 Å². The molecule has 2 N–H and O–H groups in total. The first-order chi connectivity index (χ1) is 23.0. The van der Waals surface area contributed by atoms with Crippen molar-refractivity contribution in [2.75, 3.05) is 33.5 Å². The number of nitrogens with zero attached hydrogens (tertiary/aromatic N) is 7. The number of urea groups is 1. The third kappa shape index (κ3) is 7.10. The first-order valence-corrected chi connectivity index (χ1v) is 15.9. The average molecular weight is 670 g/mol. The van der Waals surface area contributed by atoms with Crippen molar-refractivity contribution in [3.8, 4) is 0 Å². The number of carbonyl (C=O) groups is 3. The third-order valence-electron chi connectivity index (χ3n) is 7.85. The molecule has 0 spiro atoms. The van der Waals surface area contributed by atoms with Crippen LogP contribution in [0.1, 0.15) is 45.2 Å². The number of halogens is 1. The van der Waals surface area contributed by atoms with Gasteiger partial charge in [0.1, 0.15) is 5.60 Å². The van der Waals surface area contributed by atoms with Crippen molar-refractivity contribution in [1.82, 2.24) is 24.6 Å². The molecule has 13 nitrogen and oxygen atoms in total. The van der Waals surface area contributed by atoms with E-state index in [1.807, 2.05) is 51.1 Å². The van der Waals surface area contributed by atoms with Crippen LogP contribution in [0.15, 0.2) is 79.6 Å². The summed E-state index contributed by atoms with van der Waals surface area (Å²) in [4.78, 5) is 52.8. The molecule has 6 rings (SSSR count). The van der Waals surface area contributed by atoms with E-state index in [0.717, 1.165) is 0 Å². The van der Waals surface area contributed by atoms with Crippen molar-refractivity contribution < 1.29 is 19.1 Å². The van der Waals surface area contributed by atoms with Gasteiger partial charge in [0.15, 0.2) is 11.0 Å². The number of anilines is 6. The fourth-order valence-corrected chi connectivity index (χ4v) is 5.75. The van der Waals surface area contributed by atoms with E-state index in [4.69, 9.17) is 21.3 Å². The van der Waals surface area contributed by atoms with Gasteiger partial charge in [0, 0.05) is 36.2 Å². The summed E-state index contributed by atoms with van der Waals surface area (Å²) in [5.74, 6) is 0.232. The maximum absolute atomic E-state index is 14.1. The summed E-state index contributed by atoms with van der Waals surface area (Å²) in [6, 6.07) is 16.0. The average Bonchev–Trinajstić information content (AvgIpc) is 3.43. The molecular formula is C34H36ClN9O4. The predicted octanol–water partition coefficient (Wildman–Crippen LogP) is 7.04. The largest absolute Gasteiger partial charge is 0.444 e. The monoisotopic (exact) mass is 669 g/mol.